The molecule has 0 bridgehead atoms. The lowest BCUT2D eigenvalue weighted by atomic mass is 10.1. The van der Waals surface area contributed by atoms with Crippen LogP contribution in [0.3, 0.4) is 0 Å². The Morgan fingerprint density at radius 2 is 2.00 bits per heavy atom. The summed E-state index contributed by atoms with van der Waals surface area (Å²) in [6, 6.07) is 13.9. The van der Waals surface area contributed by atoms with E-state index in [0.29, 0.717) is 33.5 Å². The number of carbonyl (C=O) groups is 1. The second-order valence-corrected chi connectivity index (χ2v) is 5.64. The number of anilines is 2. The smallest absolute Gasteiger partial charge is 0.248 e. The van der Waals surface area contributed by atoms with Crippen LogP contribution >= 0.6 is 11.6 Å². The molecule has 1 amide bonds. The zero-order valence-electron chi connectivity index (χ0n) is 13.4. The zero-order valence-corrected chi connectivity index (χ0v) is 14.1. The van der Waals surface area contributed by atoms with Crippen LogP contribution in [0.1, 0.15) is 10.4 Å². The van der Waals surface area contributed by atoms with Crippen molar-refractivity contribution in [3.63, 3.8) is 0 Å². The van der Waals surface area contributed by atoms with Crippen molar-refractivity contribution in [3.05, 3.63) is 65.4 Å². The van der Waals surface area contributed by atoms with E-state index in [1.54, 1.807) is 49.6 Å². The molecule has 3 rings (SSSR count). The summed E-state index contributed by atoms with van der Waals surface area (Å²) in [5.74, 6) is 0.731. The van der Waals surface area contributed by atoms with Gasteiger partial charge in [0.05, 0.1) is 12.8 Å². The van der Waals surface area contributed by atoms with E-state index in [1.165, 1.54) is 6.33 Å². The highest BCUT2D eigenvalue weighted by molar-refractivity contribution is 6.31. The van der Waals surface area contributed by atoms with E-state index >= 15 is 0 Å². The number of carbonyl (C=O) groups excluding carboxylic acids is 1. The van der Waals surface area contributed by atoms with Crippen molar-refractivity contribution in [2.24, 2.45) is 5.73 Å². The van der Waals surface area contributed by atoms with Crippen LogP contribution in [0.4, 0.5) is 11.5 Å². The van der Waals surface area contributed by atoms with Gasteiger partial charge in [-0.05, 0) is 36.4 Å². The van der Waals surface area contributed by atoms with E-state index in [9.17, 15) is 4.79 Å². The number of nitrogens with zero attached hydrogens (tertiary/aromatic N) is 2. The first kappa shape index (κ1) is 16.7. The lowest BCUT2D eigenvalue weighted by Gasteiger charge is -2.10. The molecule has 7 heteroatoms. The summed E-state index contributed by atoms with van der Waals surface area (Å²) in [5, 5.41) is 3.71. The van der Waals surface area contributed by atoms with Crippen LogP contribution in [0.5, 0.6) is 5.75 Å². The number of benzene rings is 2. The fourth-order valence-corrected chi connectivity index (χ4v) is 2.52. The van der Waals surface area contributed by atoms with E-state index in [4.69, 9.17) is 22.1 Å². The minimum absolute atomic E-state index is 0.413. The number of halogens is 1. The Bertz CT molecular complexity index is 930. The quantitative estimate of drug-likeness (QED) is 0.729. The molecule has 0 unspecified atom stereocenters. The molecular weight excluding hydrogens is 340 g/mol. The van der Waals surface area contributed by atoms with Gasteiger partial charge in [0.15, 0.2) is 0 Å². The van der Waals surface area contributed by atoms with Gasteiger partial charge in [-0.3, -0.25) is 4.79 Å². The van der Waals surface area contributed by atoms with Gasteiger partial charge in [0.1, 0.15) is 17.9 Å². The third-order valence-electron chi connectivity index (χ3n) is 3.52. The Morgan fingerprint density at radius 1 is 1.16 bits per heavy atom. The van der Waals surface area contributed by atoms with Crippen LogP contribution < -0.4 is 15.8 Å². The van der Waals surface area contributed by atoms with Crippen LogP contribution in [-0.4, -0.2) is 23.0 Å². The van der Waals surface area contributed by atoms with Crippen molar-refractivity contribution in [1.29, 1.82) is 0 Å². The Kier molecular flexibility index (Phi) is 4.81. The molecule has 1 heterocycles. The molecule has 0 atom stereocenters. The summed E-state index contributed by atoms with van der Waals surface area (Å²) in [5.41, 5.74) is 7.82. The predicted molar refractivity (Wildman–Crippen MR) is 97.3 cm³/mol. The van der Waals surface area contributed by atoms with Crippen molar-refractivity contribution in [3.8, 4) is 17.0 Å². The van der Waals surface area contributed by atoms with Gasteiger partial charge < -0.3 is 15.8 Å². The fourth-order valence-electron chi connectivity index (χ4n) is 2.35. The number of methoxy groups -OCH3 is 1. The highest BCUT2D eigenvalue weighted by atomic mass is 35.5. The number of nitrogens with two attached hydrogens (primary N) is 1. The Balaban J connectivity index is 1.94. The van der Waals surface area contributed by atoms with Crippen molar-refractivity contribution in [2.75, 3.05) is 12.4 Å². The number of amides is 1. The Morgan fingerprint density at radius 3 is 2.76 bits per heavy atom. The molecule has 0 saturated carbocycles. The Labute approximate surface area is 149 Å². The predicted octanol–water partition coefficient (Wildman–Crippen LogP) is 3.65. The molecule has 0 saturated heterocycles. The molecule has 0 aliphatic carbocycles. The van der Waals surface area contributed by atoms with E-state index in [-0.39, 0.29) is 0 Å². The minimum Gasteiger partial charge on any atom is -0.496 e. The number of nitrogens with one attached hydrogen (secondary N) is 1. The average molecular weight is 355 g/mol. The first-order valence-electron chi connectivity index (χ1n) is 7.39. The third-order valence-corrected chi connectivity index (χ3v) is 3.76. The molecule has 0 spiro atoms. The van der Waals surface area contributed by atoms with Gasteiger partial charge in [-0.2, -0.15) is 0 Å². The maximum Gasteiger partial charge on any atom is 0.248 e. The SMILES string of the molecule is COc1ccc(Cl)cc1-c1cc(Nc2cccc(C(N)=O)c2)ncn1. The summed E-state index contributed by atoms with van der Waals surface area (Å²) in [4.78, 5) is 19.8. The van der Waals surface area contributed by atoms with E-state index < -0.39 is 5.91 Å². The molecule has 3 aromatic rings. The topological polar surface area (TPSA) is 90.1 Å². The zero-order chi connectivity index (χ0) is 17.8. The first-order chi connectivity index (χ1) is 12.1. The van der Waals surface area contributed by atoms with Gasteiger partial charge in [-0.1, -0.05) is 17.7 Å². The number of primary amides is 1. The van der Waals surface area contributed by atoms with E-state index in [1.807, 2.05) is 6.07 Å². The lowest BCUT2D eigenvalue weighted by Crippen LogP contribution is -2.10. The van der Waals surface area contributed by atoms with Gasteiger partial charge in [0.2, 0.25) is 5.91 Å². The second kappa shape index (κ2) is 7.19. The summed E-state index contributed by atoms with van der Waals surface area (Å²) in [6.07, 6.45) is 1.44. The number of ether oxygens (including phenoxy) is 1. The molecule has 1 aromatic heterocycles. The second-order valence-electron chi connectivity index (χ2n) is 5.20. The maximum atomic E-state index is 11.3. The summed E-state index contributed by atoms with van der Waals surface area (Å²) >= 11 is 6.08. The number of hydrogen-bond acceptors (Lipinski definition) is 5. The number of aromatic nitrogens is 2. The van der Waals surface area contributed by atoms with Gasteiger partial charge in [-0.15, -0.1) is 0 Å². The largest absolute Gasteiger partial charge is 0.496 e. The molecule has 0 aliphatic heterocycles. The van der Waals surface area contributed by atoms with Crippen molar-refractivity contribution >= 4 is 29.0 Å². The van der Waals surface area contributed by atoms with Crippen LogP contribution in [0, 0.1) is 0 Å². The molecule has 0 aliphatic rings. The highest BCUT2D eigenvalue weighted by Gasteiger charge is 2.10. The third kappa shape index (κ3) is 3.87. The standard InChI is InChI=1S/C18H15ClN4O2/c1-25-16-6-5-12(19)8-14(16)15-9-17(22-10-21-15)23-13-4-2-3-11(7-13)18(20)24/h2-10H,1H3,(H2,20,24)(H,21,22,23). The average Bonchev–Trinajstić information content (AvgIpc) is 2.62. The molecule has 0 radical (unpaired) electrons. The van der Waals surface area contributed by atoms with Gasteiger partial charge in [0, 0.05) is 27.9 Å². The van der Waals surface area contributed by atoms with Crippen LogP contribution in [0.2, 0.25) is 5.02 Å². The number of rotatable bonds is 5. The monoisotopic (exact) mass is 354 g/mol. The minimum atomic E-state index is -0.490. The van der Waals surface area contributed by atoms with Gasteiger partial charge >= 0.3 is 0 Å². The van der Waals surface area contributed by atoms with E-state index in [0.717, 1.165) is 5.56 Å². The molecular formula is C18H15ClN4O2. The molecule has 3 N–H and O–H groups in total. The maximum absolute atomic E-state index is 11.3. The van der Waals surface area contributed by atoms with Gasteiger partial charge in [0.25, 0.3) is 0 Å². The van der Waals surface area contributed by atoms with Gasteiger partial charge in [-0.25, -0.2) is 9.97 Å². The normalized spacial score (nSPS) is 10.3. The van der Waals surface area contributed by atoms with Crippen molar-refractivity contribution < 1.29 is 9.53 Å². The summed E-state index contributed by atoms with van der Waals surface area (Å²) in [7, 11) is 1.59. The first-order valence-corrected chi connectivity index (χ1v) is 7.77. The fraction of sp³-hybridized carbons (Fsp3) is 0.0556. The lowest BCUT2D eigenvalue weighted by molar-refractivity contribution is 0.100. The molecule has 2 aromatic carbocycles. The Hall–Kier alpha value is -3.12. The van der Waals surface area contributed by atoms with Crippen LogP contribution in [0.15, 0.2) is 54.9 Å². The van der Waals surface area contributed by atoms with Crippen LogP contribution in [-0.2, 0) is 0 Å². The molecule has 25 heavy (non-hydrogen) atoms. The van der Waals surface area contributed by atoms with Crippen molar-refractivity contribution in [1.82, 2.24) is 9.97 Å². The molecule has 6 nitrogen and oxygen atoms in total. The molecule has 126 valence electrons. The molecule has 0 fully saturated rings. The van der Waals surface area contributed by atoms with Crippen LogP contribution in [0.25, 0.3) is 11.3 Å². The van der Waals surface area contributed by atoms with E-state index in [2.05, 4.69) is 15.3 Å². The summed E-state index contributed by atoms with van der Waals surface area (Å²) < 4.78 is 5.36. The van der Waals surface area contributed by atoms with Crippen molar-refractivity contribution in [2.45, 2.75) is 0 Å². The summed E-state index contributed by atoms with van der Waals surface area (Å²) in [6.45, 7) is 0. The highest BCUT2D eigenvalue weighted by Crippen LogP contribution is 2.32. The number of hydrogen-bond donors (Lipinski definition) is 2.